The van der Waals surface area contributed by atoms with Gasteiger partial charge < -0.3 is 9.42 Å². The molecular formula is C20H19FN4O2. The largest absolute Gasteiger partial charge is 0.337 e. The summed E-state index contributed by atoms with van der Waals surface area (Å²) in [6, 6.07) is 8.99. The first kappa shape index (κ1) is 17.3. The van der Waals surface area contributed by atoms with Gasteiger partial charge in [0.15, 0.2) is 0 Å². The number of hydrogen-bond acceptors (Lipinski definition) is 5. The van der Waals surface area contributed by atoms with Crippen molar-refractivity contribution in [2.75, 3.05) is 6.54 Å². The van der Waals surface area contributed by atoms with Crippen molar-refractivity contribution in [3.05, 3.63) is 66.1 Å². The Morgan fingerprint density at radius 1 is 1.15 bits per heavy atom. The minimum Gasteiger partial charge on any atom is -0.337 e. The lowest BCUT2D eigenvalue weighted by atomic mass is 10.1. The molecule has 0 N–H and O–H groups in total. The summed E-state index contributed by atoms with van der Waals surface area (Å²) in [5.41, 5.74) is 1.22. The highest BCUT2D eigenvalue weighted by molar-refractivity contribution is 5.94. The quantitative estimate of drug-likeness (QED) is 0.700. The van der Waals surface area contributed by atoms with Crippen LogP contribution >= 0.6 is 0 Å². The van der Waals surface area contributed by atoms with Gasteiger partial charge in [-0.1, -0.05) is 18.0 Å². The lowest BCUT2D eigenvalue weighted by molar-refractivity contribution is 0.0644. The molecule has 7 heteroatoms. The van der Waals surface area contributed by atoms with E-state index >= 15 is 0 Å². The number of benzene rings is 1. The van der Waals surface area contributed by atoms with Gasteiger partial charge in [0.25, 0.3) is 5.91 Å². The molecule has 1 saturated heterocycles. The zero-order valence-corrected chi connectivity index (χ0v) is 14.7. The van der Waals surface area contributed by atoms with E-state index in [9.17, 15) is 9.18 Å². The number of aromatic nitrogens is 3. The molecule has 3 aromatic rings. The third-order valence-corrected chi connectivity index (χ3v) is 4.75. The molecule has 4 rings (SSSR count). The van der Waals surface area contributed by atoms with Crippen LogP contribution in [0.3, 0.4) is 0 Å². The molecule has 27 heavy (non-hydrogen) atoms. The van der Waals surface area contributed by atoms with Crippen LogP contribution in [0, 0.1) is 5.82 Å². The number of rotatable bonds is 3. The van der Waals surface area contributed by atoms with Crippen LogP contribution in [0.25, 0.3) is 11.4 Å². The molecule has 1 fully saturated rings. The molecule has 1 aliphatic heterocycles. The topological polar surface area (TPSA) is 72.1 Å². The molecule has 1 aliphatic rings. The van der Waals surface area contributed by atoms with Crippen molar-refractivity contribution in [1.29, 1.82) is 0 Å². The van der Waals surface area contributed by atoms with Crippen molar-refractivity contribution in [2.45, 2.75) is 31.7 Å². The Hall–Kier alpha value is -3.09. The Balaban J connectivity index is 1.63. The minimum atomic E-state index is -0.364. The summed E-state index contributed by atoms with van der Waals surface area (Å²) in [5.74, 6) is 0.364. The van der Waals surface area contributed by atoms with Gasteiger partial charge in [-0.3, -0.25) is 9.78 Å². The van der Waals surface area contributed by atoms with E-state index in [1.807, 2.05) is 6.07 Å². The highest BCUT2D eigenvalue weighted by atomic mass is 19.1. The average molecular weight is 366 g/mol. The highest BCUT2D eigenvalue weighted by Crippen LogP contribution is 2.31. The predicted octanol–water partition coefficient (Wildman–Crippen LogP) is 4.03. The van der Waals surface area contributed by atoms with E-state index in [1.165, 1.54) is 24.3 Å². The molecule has 0 spiro atoms. The molecule has 0 bridgehead atoms. The Bertz CT molecular complexity index is 911. The van der Waals surface area contributed by atoms with Gasteiger partial charge >= 0.3 is 0 Å². The fourth-order valence-electron chi connectivity index (χ4n) is 3.35. The van der Waals surface area contributed by atoms with Crippen LogP contribution in [-0.4, -0.2) is 32.5 Å². The number of carbonyl (C=O) groups excluding carboxylic acids is 1. The average Bonchev–Trinajstić information content (AvgIpc) is 3.07. The van der Waals surface area contributed by atoms with Gasteiger partial charge in [-0.05, 0) is 49.2 Å². The van der Waals surface area contributed by atoms with Crippen LogP contribution < -0.4 is 0 Å². The highest BCUT2D eigenvalue weighted by Gasteiger charge is 2.31. The van der Waals surface area contributed by atoms with Crippen molar-refractivity contribution in [3.63, 3.8) is 0 Å². The van der Waals surface area contributed by atoms with Gasteiger partial charge in [0.2, 0.25) is 11.7 Å². The van der Waals surface area contributed by atoms with E-state index in [0.29, 0.717) is 23.8 Å². The lowest BCUT2D eigenvalue weighted by Gasteiger charge is -2.27. The molecule has 0 aliphatic carbocycles. The van der Waals surface area contributed by atoms with Crippen molar-refractivity contribution < 1.29 is 13.7 Å². The number of hydrogen-bond donors (Lipinski definition) is 0. The van der Waals surface area contributed by atoms with Crippen molar-refractivity contribution in [1.82, 2.24) is 20.0 Å². The normalized spacial score (nSPS) is 17.5. The lowest BCUT2D eigenvalue weighted by Crippen LogP contribution is -2.35. The van der Waals surface area contributed by atoms with Gasteiger partial charge in [0.1, 0.15) is 11.9 Å². The Morgan fingerprint density at radius 3 is 2.78 bits per heavy atom. The minimum absolute atomic E-state index is 0.150. The maximum atomic E-state index is 13.2. The SMILES string of the molecule is O=C(c1ccc(F)cc1)N1CCCCCC1c1nc(-c2cccnc2)no1. The van der Waals surface area contributed by atoms with Crippen molar-refractivity contribution in [2.24, 2.45) is 0 Å². The second-order valence-electron chi connectivity index (χ2n) is 6.57. The molecule has 1 aromatic carbocycles. The molecule has 2 aromatic heterocycles. The van der Waals surface area contributed by atoms with E-state index in [4.69, 9.17) is 4.52 Å². The third kappa shape index (κ3) is 3.72. The van der Waals surface area contributed by atoms with Crippen LogP contribution in [0.2, 0.25) is 0 Å². The predicted molar refractivity (Wildman–Crippen MR) is 96.2 cm³/mol. The molecule has 1 unspecified atom stereocenters. The molecule has 1 amide bonds. The maximum Gasteiger partial charge on any atom is 0.254 e. The van der Waals surface area contributed by atoms with Gasteiger partial charge in [-0.15, -0.1) is 0 Å². The van der Waals surface area contributed by atoms with Gasteiger partial charge in [-0.25, -0.2) is 4.39 Å². The second-order valence-corrected chi connectivity index (χ2v) is 6.57. The molecule has 6 nitrogen and oxygen atoms in total. The van der Waals surface area contributed by atoms with Crippen LogP contribution in [0.4, 0.5) is 4.39 Å². The van der Waals surface area contributed by atoms with Gasteiger partial charge in [-0.2, -0.15) is 4.98 Å². The van der Waals surface area contributed by atoms with Crippen LogP contribution in [0.5, 0.6) is 0 Å². The van der Waals surface area contributed by atoms with Crippen LogP contribution in [-0.2, 0) is 0 Å². The van der Waals surface area contributed by atoms with E-state index in [2.05, 4.69) is 15.1 Å². The van der Waals surface area contributed by atoms with Crippen molar-refractivity contribution >= 4 is 5.91 Å². The smallest absolute Gasteiger partial charge is 0.254 e. The standard InChI is InChI=1S/C20H19FN4O2/c21-16-9-7-14(8-10-16)20(26)25-12-3-1-2-6-17(25)19-23-18(24-27-19)15-5-4-11-22-13-15/h4-5,7-11,13,17H,1-3,6,12H2. The number of halogens is 1. The molecular weight excluding hydrogens is 347 g/mol. The summed E-state index contributed by atoms with van der Waals surface area (Å²) in [4.78, 5) is 23.4. The zero-order chi connectivity index (χ0) is 18.6. The summed E-state index contributed by atoms with van der Waals surface area (Å²) < 4.78 is 18.7. The first-order valence-electron chi connectivity index (χ1n) is 9.03. The Morgan fingerprint density at radius 2 is 2.00 bits per heavy atom. The first-order chi connectivity index (χ1) is 13.2. The van der Waals surface area contributed by atoms with Gasteiger partial charge in [0, 0.05) is 30.1 Å². The number of likely N-dealkylation sites (tertiary alicyclic amines) is 1. The van der Waals surface area contributed by atoms with Crippen LogP contribution in [0.1, 0.15) is 48.0 Å². The molecule has 3 heterocycles. The summed E-state index contributed by atoms with van der Waals surface area (Å²) in [6.07, 6.45) is 7.02. The van der Waals surface area contributed by atoms with E-state index in [1.54, 1.807) is 23.4 Å². The van der Waals surface area contributed by atoms with E-state index < -0.39 is 0 Å². The summed E-state index contributed by atoms with van der Waals surface area (Å²) in [5, 5.41) is 4.06. The maximum absolute atomic E-state index is 13.2. The fraction of sp³-hybridized carbons (Fsp3) is 0.300. The summed E-state index contributed by atoms with van der Waals surface area (Å²) in [7, 11) is 0. The Labute approximate surface area is 156 Å². The molecule has 1 atom stereocenters. The molecule has 0 radical (unpaired) electrons. The van der Waals surface area contributed by atoms with E-state index in [-0.39, 0.29) is 17.8 Å². The van der Waals surface area contributed by atoms with Crippen LogP contribution in [0.15, 0.2) is 53.3 Å². The van der Waals surface area contributed by atoms with Gasteiger partial charge in [0.05, 0.1) is 0 Å². The number of pyridine rings is 1. The number of nitrogens with zero attached hydrogens (tertiary/aromatic N) is 4. The van der Waals surface area contributed by atoms with Crippen molar-refractivity contribution in [3.8, 4) is 11.4 Å². The third-order valence-electron chi connectivity index (χ3n) is 4.75. The number of carbonyl (C=O) groups is 1. The molecule has 0 saturated carbocycles. The summed E-state index contributed by atoms with van der Waals surface area (Å²) >= 11 is 0. The van der Waals surface area contributed by atoms with E-state index in [0.717, 1.165) is 31.2 Å². The second kappa shape index (κ2) is 7.65. The number of amides is 1. The molecule has 138 valence electrons. The fourth-order valence-corrected chi connectivity index (χ4v) is 3.35. The summed E-state index contributed by atoms with van der Waals surface area (Å²) in [6.45, 7) is 0.603. The first-order valence-corrected chi connectivity index (χ1v) is 9.03. The Kier molecular flexibility index (Phi) is 4.91. The monoisotopic (exact) mass is 366 g/mol. The zero-order valence-electron chi connectivity index (χ0n) is 14.7.